The molecule has 1 unspecified atom stereocenters. The van der Waals surface area contributed by atoms with Gasteiger partial charge in [-0.15, -0.1) is 0 Å². The van der Waals surface area contributed by atoms with E-state index >= 15 is 0 Å². The van der Waals surface area contributed by atoms with Crippen molar-refractivity contribution in [2.24, 2.45) is 11.7 Å². The molecule has 1 atom stereocenters. The summed E-state index contributed by atoms with van der Waals surface area (Å²) in [6.07, 6.45) is 1.87. The Kier molecular flexibility index (Phi) is 4.43. The molecule has 0 radical (unpaired) electrons. The first kappa shape index (κ1) is 15.7. The highest BCUT2D eigenvalue weighted by molar-refractivity contribution is 5.93. The Balaban J connectivity index is 1.68. The number of rotatable bonds is 3. The maximum Gasteiger partial charge on any atom is 0.271 e. The van der Waals surface area contributed by atoms with Crippen molar-refractivity contribution in [2.75, 3.05) is 13.1 Å². The molecule has 5 nitrogen and oxygen atoms in total. The zero-order valence-corrected chi connectivity index (χ0v) is 13.1. The second-order valence-electron chi connectivity index (χ2n) is 6.16. The number of hydrogen-bond acceptors (Lipinski definition) is 3. The highest BCUT2D eigenvalue weighted by atomic mass is 19.1. The van der Waals surface area contributed by atoms with Crippen molar-refractivity contribution in [3.8, 4) is 11.3 Å². The Bertz CT molecular complexity index is 672. The Morgan fingerprint density at radius 2 is 2.00 bits per heavy atom. The van der Waals surface area contributed by atoms with Gasteiger partial charge in [0.25, 0.3) is 5.91 Å². The van der Waals surface area contributed by atoms with Crippen LogP contribution in [0.1, 0.15) is 30.3 Å². The average Bonchev–Trinajstić information content (AvgIpc) is 3.05. The van der Waals surface area contributed by atoms with E-state index in [0.29, 0.717) is 17.3 Å². The monoisotopic (exact) mass is 316 g/mol. The molecule has 1 aromatic carbocycles. The van der Waals surface area contributed by atoms with Crippen LogP contribution < -0.4 is 5.73 Å². The standard InChI is InChI=1S/C17H21FN4O/c1-11(19)12-6-8-22(9-7-12)17(23)16-10-15(20-21-16)13-2-4-14(18)5-3-13/h2-5,10-12H,6-9,19H2,1H3,(H,20,21). The van der Waals surface area contributed by atoms with Gasteiger partial charge in [0.1, 0.15) is 11.5 Å². The Morgan fingerprint density at radius 3 is 2.61 bits per heavy atom. The van der Waals surface area contributed by atoms with Gasteiger partial charge in [-0.3, -0.25) is 9.89 Å². The molecular formula is C17H21FN4O. The number of aromatic nitrogens is 2. The number of piperidine rings is 1. The van der Waals surface area contributed by atoms with Gasteiger partial charge in [-0.2, -0.15) is 5.10 Å². The third-order valence-electron chi connectivity index (χ3n) is 4.52. The van der Waals surface area contributed by atoms with E-state index in [1.54, 1.807) is 18.2 Å². The summed E-state index contributed by atoms with van der Waals surface area (Å²) in [4.78, 5) is 14.4. The Labute approximate surface area is 134 Å². The molecule has 1 aromatic heterocycles. The van der Waals surface area contributed by atoms with Crippen LogP contribution in [-0.4, -0.2) is 40.1 Å². The molecule has 1 aliphatic heterocycles. The number of benzene rings is 1. The van der Waals surface area contributed by atoms with Crippen LogP contribution in [0.25, 0.3) is 11.3 Å². The summed E-state index contributed by atoms with van der Waals surface area (Å²) in [6, 6.07) is 7.94. The Hall–Kier alpha value is -2.21. The number of likely N-dealkylation sites (tertiary alicyclic amines) is 1. The lowest BCUT2D eigenvalue weighted by Crippen LogP contribution is -2.42. The van der Waals surface area contributed by atoms with Crippen molar-refractivity contribution in [1.82, 2.24) is 15.1 Å². The lowest BCUT2D eigenvalue weighted by Gasteiger charge is -2.33. The van der Waals surface area contributed by atoms with Gasteiger partial charge in [-0.25, -0.2) is 4.39 Å². The summed E-state index contributed by atoms with van der Waals surface area (Å²) in [5, 5.41) is 6.95. The fourth-order valence-electron chi connectivity index (χ4n) is 3.00. The number of amides is 1. The first-order chi connectivity index (χ1) is 11.0. The maximum absolute atomic E-state index is 13.0. The number of aromatic amines is 1. The van der Waals surface area contributed by atoms with Crippen LogP contribution in [0.5, 0.6) is 0 Å². The number of nitrogens with one attached hydrogen (secondary N) is 1. The summed E-state index contributed by atoms with van der Waals surface area (Å²) in [6.45, 7) is 3.46. The van der Waals surface area contributed by atoms with Gasteiger partial charge in [0.2, 0.25) is 0 Å². The van der Waals surface area contributed by atoms with E-state index in [-0.39, 0.29) is 17.8 Å². The number of nitrogens with zero attached hydrogens (tertiary/aromatic N) is 2. The van der Waals surface area contributed by atoms with Crippen LogP contribution in [0.4, 0.5) is 4.39 Å². The zero-order chi connectivity index (χ0) is 16.4. The summed E-state index contributed by atoms with van der Waals surface area (Å²) < 4.78 is 13.0. The fourth-order valence-corrected chi connectivity index (χ4v) is 3.00. The van der Waals surface area contributed by atoms with Crippen LogP contribution in [0, 0.1) is 11.7 Å². The number of carbonyl (C=O) groups excluding carboxylic acids is 1. The van der Waals surface area contributed by atoms with Gasteiger partial charge in [0.05, 0.1) is 5.69 Å². The van der Waals surface area contributed by atoms with Gasteiger partial charge in [0, 0.05) is 24.7 Å². The molecule has 1 saturated heterocycles. The van der Waals surface area contributed by atoms with Gasteiger partial charge < -0.3 is 10.6 Å². The van der Waals surface area contributed by atoms with E-state index < -0.39 is 0 Å². The molecule has 122 valence electrons. The minimum Gasteiger partial charge on any atom is -0.337 e. The van der Waals surface area contributed by atoms with E-state index in [4.69, 9.17) is 5.73 Å². The van der Waals surface area contributed by atoms with E-state index in [9.17, 15) is 9.18 Å². The van der Waals surface area contributed by atoms with Gasteiger partial charge >= 0.3 is 0 Å². The van der Waals surface area contributed by atoms with Gasteiger partial charge in [-0.1, -0.05) is 0 Å². The third-order valence-corrected chi connectivity index (χ3v) is 4.52. The fraction of sp³-hybridized carbons (Fsp3) is 0.412. The lowest BCUT2D eigenvalue weighted by atomic mass is 9.91. The predicted molar refractivity (Wildman–Crippen MR) is 86.3 cm³/mol. The van der Waals surface area contributed by atoms with Crippen LogP contribution in [0.2, 0.25) is 0 Å². The van der Waals surface area contributed by atoms with Crippen molar-refractivity contribution in [3.05, 3.63) is 41.8 Å². The molecule has 0 spiro atoms. The van der Waals surface area contributed by atoms with Crippen LogP contribution in [0.3, 0.4) is 0 Å². The zero-order valence-electron chi connectivity index (χ0n) is 13.1. The quantitative estimate of drug-likeness (QED) is 0.913. The van der Waals surface area contributed by atoms with Crippen molar-refractivity contribution in [3.63, 3.8) is 0 Å². The molecule has 1 aliphatic rings. The summed E-state index contributed by atoms with van der Waals surface area (Å²) in [5.74, 6) is 0.141. The number of carbonyl (C=O) groups is 1. The molecule has 1 amide bonds. The molecule has 3 rings (SSSR count). The first-order valence-corrected chi connectivity index (χ1v) is 7.91. The first-order valence-electron chi connectivity index (χ1n) is 7.91. The molecule has 23 heavy (non-hydrogen) atoms. The number of hydrogen-bond donors (Lipinski definition) is 2. The topological polar surface area (TPSA) is 75.0 Å². The summed E-state index contributed by atoms with van der Waals surface area (Å²) >= 11 is 0. The van der Waals surface area contributed by atoms with Gasteiger partial charge in [-0.05, 0) is 56.0 Å². The van der Waals surface area contributed by atoms with Crippen LogP contribution in [0.15, 0.2) is 30.3 Å². The molecular weight excluding hydrogens is 295 g/mol. The van der Waals surface area contributed by atoms with Crippen molar-refractivity contribution < 1.29 is 9.18 Å². The lowest BCUT2D eigenvalue weighted by molar-refractivity contribution is 0.0675. The molecule has 1 fully saturated rings. The van der Waals surface area contributed by atoms with E-state index in [1.165, 1.54) is 12.1 Å². The Morgan fingerprint density at radius 1 is 1.35 bits per heavy atom. The second kappa shape index (κ2) is 6.50. The molecule has 6 heteroatoms. The van der Waals surface area contributed by atoms with E-state index in [2.05, 4.69) is 10.2 Å². The van der Waals surface area contributed by atoms with Crippen molar-refractivity contribution in [1.29, 1.82) is 0 Å². The molecule has 0 saturated carbocycles. The molecule has 2 heterocycles. The van der Waals surface area contributed by atoms with E-state index in [0.717, 1.165) is 31.5 Å². The average molecular weight is 316 g/mol. The largest absolute Gasteiger partial charge is 0.337 e. The smallest absolute Gasteiger partial charge is 0.271 e. The minimum absolute atomic E-state index is 0.0472. The third kappa shape index (κ3) is 3.42. The number of halogens is 1. The van der Waals surface area contributed by atoms with Gasteiger partial charge in [0.15, 0.2) is 0 Å². The molecule has 0 aliphatic carbocycles. The van der Waals surface area contributed by atoms with E-state index in [1.807, 2.05) is 11.8 Å². The number of H-pyrrole nitrogens is 1. The highest BCUT2D eigenvalue weighted by Gasteiger charge is 2.26. The van der Waals surface area contributed by atoms with Crippen LogP contribution >= 0.6 is 0 Å². The van der Waals surface area contributed by atoms with Crippen LogP contribution in [-0.2, 0) is 0 Å². The molecule has 2 aromatic rings. The minimum atomic E-state index is -0.294. The summed E-state index contributed by atoms with van der Waals surface area (Å²) in [5.41, 5.74) is 7.81. The summed E-state index contributed by atoms with van der Waals surface area (Å²) in [7, 11) is 0. The molecule has 0 bridgehead atoms. The maximum atomic E-state index is 13.0. The number of nitrogens with two attached hydrogens (primary N) is 1. The highest BCUT2D eigenvalue weighted by Crippen LogP contribution is 2.22. The SMILES string of the molecule is CC(N)C1CCN(C(=O)c2cc(-c3ccc(F)cc3)n[nH]2)CC1. The second-order valence-corrected chi connectivity index (χ2v) is 6.16. The molecule has 3 N–H and O–H groups in total. The van der Waals surface area contributed by atoms with Crippen molar-refractivity contribution >= 4 is 5.91 Å². The van der Waals surface area contributed by atoms with Crippen molar-refractivity contribution in [2.45, 2.75) is 25.8 Å². The normalized spacial score (nSPS) is 17.3. The predicted octanol–water partition coefficient (Wildman–Crippen LogP) is 2.42.